The molecule has 3 aromatic rings. The number of hydrogen-bond acceptors (Lipinski definition) is 8. The second-order valence-electron chi connectivity index (χ2n) is 8.87. The zero-order valence-corrected chi connectivity index (χ0v) is 20.0. The fourth-order valence-electron chi connectivity index (χ4n) is 4.51. The largest absolute Gasteiger partial charge is 0.486 e. The van der Waals surface area contributed by atoms with E-state index in [1.54, 1.807) is 41.3 Å². The Morgan fingerprint density at radius 1 is 1.13 bits per heavy atom. The van der Waals surface area contributed by atoms with E-state index in [1.165, 1.54) is 11.1 Å². The van der Waals surface area contributed by atoms with Crippen molar-refractivity contribution in [3.63, 3.8) is 0 Å². The number of nitrogens with one attached hydrogen (secondary N) is 1. The first-order chi connectivity index (χ1) is 18.2. The van der Waals surface area contributed by atoms with E-state index in [9.17, 15) is 22.8 Å². The van der Waals surface area contributed by atoms with Crippen LogP contribution in [0, 0.1) is 11.3 Å². The van der Waals surface area contributed by atoms with Gasteiger partial charge in [0.2, 0.25) is 5.91 Å². The number of alkyl halides is 3. The van der Waals surface area contributed by atoms with Crippen molar-refractivity contribution in [2.45, 2.75) is 18.7 Å². The van der Waals surface area contributed by atoms with E-state index in [0.29, 0.717) is 49.2 Å². The molecule has 10 nitrogen and oxygen atoms in total. The molecule has 1 fully saturated rings. The average Bonchev–Trinajstić information content (AvgIpc) is 2.92. The van der Waals surface area contributed by atoms with Crippen molar-refractivity contribution in [2.75, 3.05) is 42.5 Å². The van der Waals surface area contributed by atoms with Gasteiger partial charge in [-0.1, -0.05) is 12.1 Å². The molecule has 0 bridgehead atoms. The predicted octanol–water partition coefficient (Wildman–Crippen LogP) is 2.69. The van der Waals surface area contributed by atoms with Crippen molar-refractivity contribution < 1.29 is 22.7 Å². The van der Waals surface area contributed by atoms with Gasteiger partial charge in [-0.3, -0.25) is 9.59 Å². The number of ether oxygens (including phenoxy) is 1. The van der Waals surface area contributed by atoms with E-state index in [2.05, 4.69) is 10.1 Å². The smallest absolute Gasteiger partial charge is 0.421 e. The molecule has 0 radical (unpaired) electrons. The lowest BCUT2D eigenvalue weighted by molar-refractivity contribution is -0.138. The summed E-state index contributed by atoms with van der Waals surface area (Å²) in [6.45, 7) is 2.11. The van der Waals surface area contributed by atoms with Crippen LogP contribution in [0.25, 0.3) is 0 Å². The summed E-state index contributed by atoms with van der Waals surface area (Å²) in [7, 11) is 0. The van der Waals surface area contributed by atoms with Crippen molar-refractivity contribution in [1.29, 1.82) is 5.26 Å². The summed E-state index contributed by atoms with van der Waals surface area (Å²) in [5.41, 5.74) is -1.73. The van der Waals surface area contributed by atoms with E-state index in [0.717, 1.165) is 5.82 Å². The second-order valence-corrected chi connectivity index (χ2v) is 8.87. The monoisotopic (exact) mass is 525 g/mol. The molecule has 0 aliphatic carbocycles. The number of aromatic nitrogens is 3. The van der Waals surface area contributed by atoms with Gasteiger partial charge >= 0.3 is 6.18 Å². The standard InChI is InChI=1S/C25H22F3N7O3/c26-25(27,28)18-12-22(31-32-24(18)37)35-15-17(38-20-4-2-1-3-19(20)35)11-23(36)34-9-7-33(8-10-34)21-6-5-16(13-29)14-30-21/h1-6,12,14,17H,7-11,15H2,(H,32,37)/t17-/m0/s1. The first-order valence-corrected chi connectivity index (χ1v) is 11.8. The Morgan fingerprint density at radius 3 is 2.58 bits per heavy atom. The Morgan fingerprint density at radius 2 is 1.89 bits per heavy atom. The lowest BCUT2D eigenvalue weighted by atomic mass is 10.1. The number of piperazine rings is 1. The summed E-state index contributed by atoms with van der Waals surface area (Å²) >= 11 is 0. The molecule has 0 saturated carbocycles. The highest BCUT2D eigenvalue weighted by Gasteiger charge is 2.37. The molecule has 2 aliphatic rings. The number of amides is 1. The van der Waals surface area contributed by atoms with Crippen LogP contribution in [-0.4, -0.2) is 64.8 Å². The number of nitriles is 1. The lowest BCUT2D eigenvalue weighted by Crippen LogP contribution is -2.50. The van der Waals surface area contributed by atoms with Gasteiger partial charge in [-0.05, 0) is 24.3 Å². The van der Waals surface area contributed by atoms with Gasteiger partial charge in [-0.2, -0.15) is 23.5 Å². The molecule has 2 aromatic heterocycles. The molecule has 2 aliphatic heterocycles. The minimum absolute atomic E-state index is 0.00936. The molecule has 4 heterocycles. The number of para-hydroxylation sites is 2. The fraction of sp³-hybridized carbons (Fsp3) is 0.320. The van der Waals surface area contributed by atoms with Crippen LogP contribution in [0.3, 0.4) is 0 Å². The van der Waals surface area contributed by atoms with E-state index < -0.39 is 23.4 Å². The van der Waals surface area contributed by atoms with Crippen LogP contribution in [0.2, 0.25) is 0 Å². The van der Waals surface area contributed by atoms with Gasteiger partial charge in [-0.15, -0.1) is 0 Å². The third-order valence-electron chi connectivity index (χ3n) is 6.44. The normalized spacial score (nSPS) is 17.4. The maximum atomic E-state index is 13.4. The summed E-state index contributed by atoms with van der Waals surface area (Å²) in [5, 5.41) is 14.7. The van der Waals surface area contributed by atoms with Crippen LogP contribution in [0.4, 0.5) is 30.5 Å². The molecule has 1 atom stereocenters. The molecule has 0 spiro atoms. The number of carbonyl (C=O) groups is 1. The number of carbonyl (C=O) groups excluding carboxylic acids is 1. The van der Waals surface area contributed by atoms with Gasteiger partial charge in [0.1, 0.15) is 29.3 Å². The van der Waals surface area contributed by atoms with Crippen molar-refractivity contribution in [2.24, 2.45) is 0 Å². The number of halogens is 3. The first kappa shape index (κ1) is 25.1. The van der Waals surface area contributed by atoms with Crippen molar-refractivity contribution in [3.8, 4) is 11.8 Å². The van der Waals surface area contributed by atoms with Crippen LogP contribution in [0.15, 0.2) is 53.5 Å². The van der Waals surface area contributed by atoms with Crippen molar-refractivity contribution in [3.05, 3.63) is 70.1 Å². The maximum Gasteiger partial charge on any atom is 0.421 e. The molecule has 1 aromatic carbocycles. The van der Waals surface area contributed by atoms with Gasteiger partial charge < -0.3 is 19.4 Å². The number of fused-ring (bicyclic) bond motifs is 1. The molecule has 196 valence electrons. The van der Waals surface area contributed by atoms with Crippen LogP contribution < -0.4 is 20.1 Å². The van der Waals surface area contributed by atoms with Crippen molar-refractivity contribution in [1.82, 2.24) is 20.1 Å². The third kappa shape index (κ3) is 5.10. The van der Waals surface area contributed by atoms with Crippen LogP contribution in [-0.2, 0) is 11.0 Å². The highest BCUT2D eigenvalue weighted by atomic mass is 19.4. The molecule has 1 amide bonds. The fourth-order valence-corrected chi connectivity index (χ4v) is 4.51. The summed E-state index contributed by atoms with van der Waals surface area (Å²) in [6.07, 6.45) is -3.98. The van der Waals surface area contributed by atoms with Crippen LogP contribution >= 0.6 is 0 Å². The summed E-state index contributed by atoms with van der Waals surface area (Å²) < 4.78 is 46.1. The molecular formula is C25H22F3N7O3. The molecule has 0 unspecified atom stereocenters. The predicted molar refractivity (Wildman–Crippen MR) is 130 cm³/mol. The number of hydrogen-bond donors (Lipinski definition) is 1. The average molecular weight is 525 g/mol. The third-order valence-corrected chi connectivity index (χ3v) is 6.44. The Balaban J connectivity index is 1.28. The summed E-state index contributed by atoms with van der Waals surface area (Å²) in [6, 6.07) is 13.0. The Kier molecular flexibility index (Phi) is 6.62. The highest BCUT2D eigenvalue weighted by Crippen LogP contribution is 2.38. The van der Waals surface area contributed by atoms with Gasteiger partial charge in [0.05, 0.1) is 24.2 Å². The summed E-state index contributed by atoms with van der Waals surface area (Å²) in [4.78, 5) is 34.4. The molecular weight excluding hydrogens is 503 g/mol. The van der Waals surface area contributed by atoms with Gasteiger partial charge in [0, 0.05) is 38.4 Å². The van der Waals surface area contributed by atoms with Gasteiger partial charge in [0.25, 0.3) is 5.56 Å². The van der Waals surface area contributed by atoms with E-state index in [-0.39, 0.29) is 24.7 Å². The number of H-pyrrole nitrogens is 1. The lowest BCUT2D eigenvalue weighted by Gasteiger charge is -2.38. The van der Waals surface area contributed by atoms with Gasteiger partial charge in [0.15, 0.2) is 5.82 Å². The zero-order valence-electron chi connectivity index (χ0n) is 20.0. The molecule has 38 heavy (non-hydrogen) atoms. The Labute approximate surface area is 214 Å². The topological polar surface area (TPSA) is 118 Å². The second kappa shape index (κ2) is 10.0. The first-order valence-electron chi connectivity index (χ1n) is 11.8. The Bertz CT molecular complexity index is 1430. The number of benzene rings is 1. The Hall–Kier alpha value is -4.60. The summed E-state index contributed by atoms with van der Waals surface area (Å²) in [5.74, 6) is 0.876. The quantitative estimate of drug-likeness (QED) is 0.553. The van der Waals surface area contributed by atoms with Crippen LogP contribution in [0.5, 0.6) is 5.75 Å². The van der Waals surface area contributed by atoms with E-state index in [1.807, 2.05) is 16.1 Å². The minimum Gasteiger partial charge on any atom is -0.486 e. The SMILES string of the molecule is N#Cc1ccc(N2CCN(C(=O)C[C@H]3CN(c4cc(C(F)(F)F)c(=O)[nH]n4)c4ccccc4O3)CC2)nc1. The number of pyridine rings is 1. The van der Waals surface area contributed by atoms with Crippen LogP contribution in [0.1, 0.15) is 17.5 Å². The van der Waals surface area contributed by atoms with Gasteiger partial charge in [-0.25, -0.2) is 10.1 Å². The minimum atomic E-state index is -4.85. The molecule has 1 N–H and O–H groups in total. The number of anilines is 3. The number of rotatable bonds is 4. The molecule has 13 heteroatoms. The maximum absolute atomic E-state index is 13.4. The van der Waals surface area contributed by atoms with E-state index >= 15 is 0 Å². The molecule has 1 saturated heterocycles. The number of nitrogens with zero attached hydrogens (tertiary/aromatic N) is 6. The highest BCUT2D eigenvalue weighted by molar-refractivity contribution is 5.78. The van der Waals surface area contributed by atoms with E-state index in [4.69, 9.17) is 10.00 Å². The van der Waals surface area contributed by atoms with Crippen molar-refractivity contribution >= 4 is 23.2 Å². The zero-order chi connectivity index (χ0) is 26.9. The molecule has 5 rings (SSSR count). The number of aromatic amines is 1.